The molecule has 2 rings (SSSR count). The summed E-state index contributed by atoms with van der Waals surface area (Å²) in [6.07, 6.45) is -0.241. The average Bonchev–Trinajstić information content (AvgIpc) is 3.10. The van der Waals surface area contributed by atoms with Crippen LogP contribution in [-0.4, -0.2) is 35.3 Å². The van der Waals surface area contributed by atoms with Gasteiger partial charge in [-0.05, 0) is 19.4 Å². The minimum atomic E-state index is -4.42. The zero-order valence-electron chi connectivity index (χ0n) is 15.1. The Morgan fingerprint density at radius 3 is 2.74 bits per heavy atom. The smallest absolute Gasteiger partial charge is 0.422 e. The molecule has 0 atom stereocenters. The highest BCUT2D eigenvalue weighted by atomic mass is 32.1. The van der Waals surface area contributed by atoms with E-state index < -0.39 is 12.8 Å². The normalized spacial score (nSPS) is 12.1. The van der Waals surface area contributed by atoms with Gasteiger partial charge in [0.05, 0.1) is 13.1 Å². The second-order valence-electron chi connectivity index (χ2n) is 5.49. The molecule has 0 spiro atoms. The van der Waals surface area contributed by atoms with Gasteiger partial charge in [0.15, 0.2) is 12.6 Å². The first-order valence-electron chi connectivity index (χ1n) is 8.50. The van der Waals surface area contributed by atoms with Crippen LogP contribution in [0.5, 0.6) is 5.88 Å². The maximum absolute atomic E-state index is 12.4. The summed E-state index contributed by atoms with van der Waals surface area (Å²) < 4.78 is 41.9. The van der Waals surface area contributed by atoms with E-state index in [1.54, 1.807) is 23.5 Å². The van der Waals surface area contributed by atoms with Crippen molar-refractivity contribution in [2.45, 2.75) is 39.5 Å². The van der Waals surface area contributed by atoms with Gasteiger partial charge in [0.1, 0.15) is 5.01 Å². The van der Waals surface area contributed by atoms with E-state index >= 15 is 0 Å². The molecule has 0 radical (unpaired) electrons. The number of guanidine groups is 1. The highest BCUT2D eigenvalue weighted by Gasteiger charge is 2.29. The zero-order valence-corrected chi connectivity index (χ0v) is 16.0. The number of pyridine rings is 1. The molecule has 2 N–H and O–H groups in total. The summed E-state index contributed by atoms with van der Waals surface area (Å²) >= 11 is 1.63. The molecule has 2 aromatic heterocycles. The van der Waals surface area contributed by atoms with Crippen LogP contribution >= 0.6 is 11.3 Å². The van der Waals surface area contributed by atoms with Crippen molar-refractivity contribution in [1.29, 1.82) is 0 Å². The van der Waals surface area contributed by atoms with E-state index in [0.717, 1.165) is 11.4 Å². The Labute approximate surface area is 159 Å². The molecule has 0 fully saturated rings. The molecule has 148 valence electrons. The third-order valence-electron chi connectivity index (χ3n) is 3.33. The summed E-state index contributed by atoms with van der Waals surface area (Å²) in [7, 11) is 0. The number of nitrogens with zero attached hydrogens (tertiary/aromatic N) is 3. The third kappa shape index (κ3) is 7.41. The number of thiazole rings is 1. The summed E-state index contributed by atoms with van der Waals surface area (Å²) in [5.41, 5.74) is 0.474. The summed E-state index contributed by atoms with van der Waals surface area (Å²) in [6, 6.07) is 3.27. The standard InChI is InChI=1S/C17H22F3N5OS/c1-3-13-9-23-14(27-13)10-25-16(21-4-2)24-8-12-6-5-7-22-15(12)26-11-17(18,19)20/h5-7,9H,3-4,8,10-11H2,1-2H3,(H2,21,24,25). The predicted octanol–water partition coefficient (Wildman–Crippen LogP) is 3.30. The van der Waals surface area contributed by atoms with Gasteiger partial charge >= 0.3 is 6.18 Å². The lowest BCUT2D eigenvalue weighted by molar-refractivity contribution is -0.154. The van der Waals surface area contributed by atoms with Crippen LogP contribution in [0.2, 0.25) is 0 Å². The number of aryl methyl sites for hydroxylation is 1. The molecular formula is C17H22F3N5OS. The average molecular weight is 401 g/mol. The Bertz CT molecular complexity index is 748. The number of nitrogens with one attached hydrogen (secondary N) is 2. The second-order valence-corrected chi connectivity index (χ2v) is 6.69. The van der Waals surface area contributed by atoms with Gasteiger partial charge in [-0.3, -0.25) is 0 Å². The Balaban J connectivity index is 2.01. The summed E-state index contributed by atoms with van der Waals surface area (Å²) in [5, 5.41) is 7.20. The van der Waals surface area contributed by atoms with Gasteiger partial charge in [-0.1, -0.05) is 13.0 Å². The number of halogens is 3. The highest BCUT2D eigenvalue weighted by molar-refractivity contribution is 7.11. The van der Waals surface area contributed by atoms with Crippen LogP contribution < -0.4 is 15.4 Å². The van der Waals surface area contributed by atoms with Crippen LogP contribution in [0, 0.1) is 0 Å². The first-order chi connectivity index (χ1) is 12.9. The molecule has 2 aromatic rings. The van der Waals surface area contributed by atoms with Gasteiger partial charge in [0.2, 0.25) is 5.88 Å². The fourth-order valence-corrected chi connectivity index (χ4v) is 2.89. The Hall–Kier alpha value is -2.36. The number of hydrogen-bond donors (Lipinski definition) is 2. The summed E-state index contributed by atoms with van der Waals surface area (Å²) in [6.45, 7) is 3.91. The fraction of sp³-hybridized carbons (Fsp3) is 0.471. The van der Waals surface area contributed by atoms with Gasteiger partial charge in [0, 0.05) is 29.4 Å². The number of aliphatic imine (C=N–C) groups is 1. The number of rotatable bonds is 8. The molecule has 10 heteroatoms. The molecule has 0 bridgehead atoms. The predicted molar refractivity (Wildman–Crippen MR) is 98.9 cm³/mol. The molecule has 27 heavy (non-hydrogen) atoms. The van der Waals surface area contributed by atoms with Crippen molar-refractivity contribution in [2.75, 3.05) is 13.2 Å². The molecule has 0 aromatic carbocycles. The molecule has 0 saturated carbocycles. The molecule has 0 amide bonds. The van der Waals surface area contributed by atoms with Gasteiger partial charge in [-0.25, -0.2) is 15.0 Å². The van der Waals surface area contributed by atoms with Crippen LogP contribution in [0.25, 0.3) is 0 Å². The topological polar surface area (TPSA) is 71.4 Å². The van der Waals surface area contributed by atoms with Crippen molar-refractivity contribution in [3.05, 3.63) is 40.0 Å². The van der Waals surface area contributed by atoms with E-state index in [4.69, 9.17) is 4.74 Å². The monoisotopic (exact) mass is 401 g/mol. The van der Waals surface area contributed by atoms with E-state index in [1.807, 2.05) is 13.1 Å². The maximum Gasteiger partial charge on any atom is 0.422 e. The van der Waals surface area contributed by atoms with Crippen molar-refractivity contribution in [3.8, 4) is 5.88 Å². The van der Waals surface area contributed by atoms with E-state index in [2.05, 4.69) is 32.5 Å². The van der Waals surface area contributed by atoms with Crippen molar-refractivity contribution in [3.63, 3.8) is 0 Å². The van der Waals surface area contributed by atoms with Crippen molar-refractivity contribution in [2.24, 2.45) is 4.99 Å². The van der Waals surface area contributed by atoms with Crippen molar-refractivity contribution >= 4 is 17.3 Å². The van der Waals surface area contributed by atoms with E-state index in [0.29, 0.717) is 24.6 Å². The Morgan fingerprint density at radius 2 is 2.07 bits per heavy atom. The Kier molecular flexibility index (Phi) is 7.83. The molecule has 0 saturated heterocycles. The first kappa shape index (κ1) is 20.9. The lowest BCUT2D eigenvalue weighted by Gasteiger charge is -2.12. The largest absolute Gasteiger partial charge is 0.468 e. The van der Waals surface area contributed by atoms with Crippen LogP contribution in [-0.2, 0) is 19.5 Å². The van der Waals surface area contributed by atoms with Crippen molar-refractivity contribution in [1.82, 2.24) is 20.6 Å². The van der Waals surface area contributed by atoms with Gasteiger partial charge < -0.3 is 15.4 Å². The molecular weight excluding hydrogens is 379 g/mol. The van der Waals surface area contributed by atoms with Crippen molar-refractivity contribution < 1.29 is 17.9 Å². The zero-order chi connectivity index (χ0) is 19.7. The van der Waals surface area contributed by atoms with E-state index in [1.165, 1.54) is 11.1 Å². The molecule has 0 unspecified atom stereocenters. The van der Waals surface area contributed by atoms with Crippen LogP contribution in [0.15, 0.2) is 29.5 Å². The molecule has 0 aliphatic heterocycles. The third-order valence-corrected chi connectivity index (χ3v) is 4.47. The SMILES string of the molecule is CCNC(=NCc1cccnc1OCC(F)(F)F)NCc1ncc(CC)s1. The molecule has 2 heterocycles. The van der Waals surface area contributed by atoms with E-state index in [9.17, 15) is 13.2 Å². The first-order valence-corrected chi connectivity index (χ1v) is 9.32. The lowest BCUT2D eigenvalue weighted by Crippen LogP contribution is -2.36. The van der Waals surface area contributed by atoms with Crippen LogP contribution in [0.3, 0.4) is 0 Å². The summed E-state index contributed by atoms with van der Waals surface area (Å²) in [5.74, 6) is 0.471. The number of aromatic nitrogens is 2. The minimum Gasteiger partial charge on any atom is -0.468 e. The number of hydrogen-bond acceptors (Lipinski definition) is 5. The van der Waals surface area contributed by atoms with Crippen LogP contribution in [0.4, 0.5) is 13.2 Å². The summed E-state index contributed by atoms with van der Waals surface area (Å²) in [4.78, 5) is 13.8. The molecule has 6 nitrogen and oxygen atoms in total. The van der Waals surface area contributed by atoms with Gasteiger partial charge in [0.25, 0.3) is 0 Å². The molecule has 0 aliphatic carbocycles. The molecule has 0 aliphatic rings. The maximum atomic E-state index is 12.4. The van der Waals surface area contributed by atoms with Gasteiger partial charge in [-0.2, -0.15) is 13.2 Å². The van der Waals surface area contributed by atoms with E-state index in [-0.39, 0.29) is 12.4 Å². The second kappa shape index (κ2) is 10.1. The number of alkyl halides is 3. The van der Waals surface area contributed by atoms with Gasteiger partial charge in [-0.15, -0.1) is 11.3 Å². The quantitative estimate of drug-likeness (QED) is 0.525. The minimum absolute atomic E-state index is 0.0677. The highest BCUT2D eigenvalue weighted by Crippen LogP contribution is 2.20. The van der Waals surface area contributed by atoms with Crippen LogP contribution in [0.1, 0.15) is 29.3 Å². The number of ether oxygens (including phenoxy) is 1. The Morgan fingerprint density at radius 1 is 1.26 bits per heavy atom. The fourth-order valence-electron chi connectivity index (χ4n) is 2.08. The lowest BCUT2D eigenvalue weighted by atomic mass is 10.3.